The second-order valence-corrected chi connectivity index (χ2v) is 7.79. The SMILES string of the molecule is COCCN(Cc1nc(C(=O)Nc2ccccc2F)cs1)C(=O)Nc1ccc(Cl)cc1. The molecule has 0 aliphatic heterocycles. The monoisotopic (exact) mass is 462 g/mol. The molecule has 1 heterocycles. The fourth-order valence-electron chi connectivity index (χ4n) is 2.59. The molecule has 0 saturated carbocycles. The van der Waals surface area contributed by atoms with Gasteiger partial charge in [-0.05, 0) is 36.4 Å². The molecule has 31 heavy (non-hydrogen) atoms. The van der Waals surface area contributed by atoms with Crippen molar-refractivity contribution in [1.82, 2.24) is 9.88 Å². The van der Waals surface area contributed by atoms with Crippen LogP contribution in [0, 0.1) is 5.82 Å². The highest BCUT2D eigenvalue weighted by Gasteiger charge is 2.18. The fraction of sp³-hybridized carbons (Fsp3) is 0.190. The summed E-state index contributed by atoms with van der Waals surface area (Å²) >= 11 is 7.11. The number of thiazole rings is 1. The zero-order valence-electron chi connectivity index (χ0n) is 16.6. The summed E-state index contributed by atoms with van der Waals surface area (Å²) in [5, 5.41) is 7.98. The Balaban J connectivity index is 1.66. The quantitative estimate of drug-likeness (QED) is 0.500. The van der Waals surface area contributed by atoms with Crippen LogP contribution in [-0.4, -0.2) is 42.1 Å². The van der Waals surface area contributed by atoms with Gasteiger partial charge in [-0.2, -0.15) is 0 Å². The molecule has 0 bridgehead atoms. The molecule has 2 N–H and O–H groups in total. The minimum Gasteiger partial charge on any atom is -0.383 e. The molecule has 3 amide bonds. The predicted molar refractivity (Wildman–Crippen MR) is 119 cm³/mol. The number of para-hydroxylation sites is 1. The van der Waals surface area contributed by atoms with E-state index in [1.165, 1.54) is 34.4 Å². The minimum atomic E-state index is -0.532. The van der Waals surface area contributed by atoms with Crippen LogP contribution in [0.1, 0.15) is 15.5 Å². The molecule has 3 aromatic rings. The van der Waals surface area contributed by atoms with Crippen molar-refractivity contribution in [2.45, 2.75) is 6.54 Å². The molecular weight excluding hydrogens is 443 g/mol. The molecule has 3 rings (SSSR count). The molecule has 2 aromatic carbocycles. The van der Waals surface area contributed by atoms with Gasteiger partial charge in [-0.15, -0.1) is 11.3 Å². The minimum absolute atomic E-state index is 0.0751. The Morgan fingerprint density at radius 2 is 1.90 bits per heavy atom. The van der Waals surface area contributed by atoms with Crippen LogP contribution in [-0.2, 0) is 11.3 Å². The third kappa shape index (κ3) is 6.48. The average molecular weight is 463 g/mol. The van der Waals surface area contributed by atoms with Crippen molar-refractivity contribution < 1.29 is 18.7 Å². The summed E-state index contributed by atoms with van der Waals surface area (Å²) in [6.45, 7) is 0.840. The van der Waals surface area contributed by atoms with Crippen LogP contribution in [0.25, 0.3) is 0 Å². The molecule has 0 unspecified atom stereocenters. The van der Waals surface area contributed by atoms with Gasteiger partial charge < -0.3 is 20.3 Å². The average Bonchev–Trinajstić information content (AvgIpc) is 3.23. The number of methoxy groups -OCH3 is 1. The van der Waals surface area contributed by atoms with Gasteiger partial charge in [-0.25, -0.2) is 14.2 Å². The molecule has 1 aromatic heterocycles. The number of anilines is 2. The number of aromatic nitrogens is 1. The number of carbonyl (C=O) groups excluding carboxylic acids is 2. The van der Waals surface area contributed by atoms with Crippen molar-refractivity contribution in [2.75, 3.05) is 30.9 Å². The van der Waals surface area contributed by atoms with Crippen LogP contribution in [0.3, 0.4) is 0 Å². The number of amides is 3. The van der Waals surface area contributed by atoms with Crippen LogP contribution in [0.4, 0.5) is 20.6 Å². The van der Waals surface area contributed by atoms with Crippen molar-refractivity contribution in [1.29, 1.82) is 0 Å². The lowest BCUT2D eigenvalue weighted by atomic mass is 10.3. The van der Waals surface area contributed by atoms with Crippen molar-refractivity contribution >= 4 is 46.3 Å². The van der Waals surface area contributed by atoms with E-state index in [9.17, 15) is 14.0 Å². The molecule has 7 nitrogen and oxygen atoms in total. The number of ether oxygens (including phenoxy) is 1. The maximum absolute atomic E-state index is 13.7. The van der Waals surface area contributed by atoms with Gasteiger partial charge in [0.2, 0.25) is 0 Å². The molecule has 0 aliphatic carbocycles. The van der Waals surface area contributed by atoms with E-state index >= 15 is 0 Å². The van der Waals surface area contributed by atoms with E-state index < -0.39 is 11.7 Å². The third-order valence-electron chi connectivity index (χ3n) is 4.18. The molecule has 162 valence electrons. The van der Waals surface area contributed by atoms with E-state index in [2.05, 4.69) is 15.6 Å². The summed E-state index contributed by atoms with van der Waals surface area (Å²) in [5.41, 5.74) is 0.820. The van der Waals surface area contributed by atoms with Crippen molar-refractivity contribution in [2.24, 2.45) is 0 Å². The Labute approximate surface area is 187 Å². The van der Waals surface area contributed by atoms with Crippen molar-refractivity contribution in [3.05, 3.63) is 75.5 Å². The maximum atomic E-state index is 13.7. The highest BCUT2D eigenvalue weighted by atomic mass is 35.5. The molecule has 0 saturated heterocycles. The van der Waals surface area contributed by atoms with Crippen LogP contribution < -0.4 is 10.6 Å². The number of urea groups is 1. The molecule has 0 radical (unpaired) electrons. The third-order valence-corrected chi connectivity index (χ3v) is 5.27. The van der Waals surface area contributed by atoms with Crippen molar-refractivity contribution in [3.8, 4) is 0 Å². The van der Waals surface area contributed by atoms with Gasteiger partial charge in [-0.3, -0.25) is 4.79 Å². The first-order valence-electron chi connectivity index (χ1n) is 9.27. The van der Waals surface area contributed by atoms with Gasteiger partial charge >= 0.3 is 6.03 Å². The lowest BCUT2D eigenvalue weighted by Crippen LogP contribution is -2.36. The van der Waals surface area contributed by atoms with Gasteiger partial charge in [-0.1, -0.05) is 23.7 Å². The molecule has 0 fully saturated rings. The van der Waals surface area contributed by atoms with Crippen LogP contribution in [0.5, 0.6) is 0 Å². The van der Waals surface area contributed by atoms with E-state index in [0.29, 0.717) is 28.9 Å². The summed E-state index contributed by atoms with van der Waals surface area (Å²) in [6.07, 6.45) is 0. The maximum Gasteiger partial charge on any atom is 0.322 e. The molecular formula is C21H20ClFN4O3S. The molecule has 0 aliphatic rings. The van der Waals surface area contributed by atoms with Gasteiger partial charge in [0.25, 0.3) is 5.91 Å². The lowest BCUT2D eigenvalue weighted by molar-refractivity contribution is 0.102. The highest BCUT2D eigenvalue weighted by molar-refractivity contribution is 7.09. The number of rotatable bonds is 8. The van der Waals surface area contributed by atoms with Crippen LogP contribution >= 0.6 is 22.9 Å². The zero-order valence-corrected chi connectivity index (χ0v) is 18.2. The molecule has 10 heteroatoms. The lowest BCUT2D eigenvalue weighted by Gasteiger charge is -2.21. The second kappa shape index (κ2) is 10.9. The molecule has 0 atom stereocenters. The summed E-state index contributed by atoms with van der Waals surface area (Å²) < 4.78 is 18.8. The summed E-state index contributed by atoms with van der Waals surface area (Å²) in [4.78, 5) is 30.9. The topological polar surface area (TPSA) is 83.6 Å². The molecule has 0 spiro atoms. The second-order valence-electron chi connectivity index (χ2n) is 6.41. The highest BCUT2D eigenvalue weighted by Crippen LogP contribution is 2.18. The zero-order chi connectivity index (χ0) is 22.2. The Morgan fingerprint density at radius 1 is 1.16 bits per heavy atom. The van der Waals surface area contributed by atoms with Crippen LogP contribution in [0.2, 0.25) is 5.02 Å². The van der Waals surface area contributed by atoms with Crippen molar-refractivity contribution in [3.63, 3.8) is 0 Å². The van der Waals surface area contributed by atoms with E-state index in [1.807, 2.05) is 0 Å². The Morgan fingerprint density at radius 3 is 2.61 bits per heavy atom. The standard InChI is InChI=1S/C21H20ClFN4O3S/c1-30-11-10-27(21(29)24-15-8-6-14(22)7-9-15)12-19-25-18(13-31-19)20(28)26-17-5-3-2-4-16(17)23/h2-9,13H,10-12H2,1H3,(H,24,29)(H,26,28). The normalized spacial score (nSPS) is 10.5. The number of halogens is 2. The smallest absolute Gasteiger partial charge is 0.322 e. The first-order valence-corrected chi connectivity index (χ1v) is 10.5. The number of benzene rings is 2. The van der Waals surface area contributed by atoms with Gasteiger partial charge in [0.05, 0.1) is 18.8 Å². The van der Waals surface area contributed by atoms with Crippen LogP contribution in [0.15, 0.2) is 53.9 Å². The first-order chi connectivity index (χ1) is 15.0. The van der Waals surface area contributed by atoms with E-state index in [0.717, 1.165) is 0 Å². The van der Waals surface area contributed by atoms with E-state index in [-0.39, 0.29) is 24.0 Å². The first kappa shape index (κ1) is 22.7. The van der Waals surface area contributed by atoms with E-state index in [4.69, 9.17) is 16.3 Å². The van der Waals surface area contributed by atoms with E-state index in [1.54, 1.807) is 42.8 Å². The summed E-state index contributed by atoms with van der Waals surface area (Å²) in [6, 6.07) is 12.3. The largest absolute Gasteiger partial charge is 0.383 e. The number of carbonyl (C=O) groups is 2. The number of nitrogens with zero attached hydrogens (tertiary/aromatic N) is 2. The summed E-state index contributed by atoms with van der Waals surface area (Å²) in [7, 11) is 1.55. The summed E-state index contributed by atoms with van der Waals surface area (Å²) in [5.74, 6) is -1.06. The van der Waals surface area contributed by atoms with Gasteiger partial charge in [0.1, 0.15) is 16.5 Å². The van der Waals surface area contributed by atoms with Gasteiger partial charge in [0, 0.05) is 29.7 Å². The Kier molecular flexibility index (Phi) is 7.94. The number of nitrogens with one attached hydrogen (secondary N) is 2. The fourth-order valence-corrected chi connectivity index (χ4v) is 3.50. The van der Waals surface area contributed by atoms with Gasteiger partial charge in [0.15, 0.2) is 0 Å². The Bertz CT molecular complexity index is 1050. The number of hydrogen-bond acceptors (Lipinski definition) is 5. The predicted octanol–water partition coefficient (Wildman–Crippen LogP) is 4.87. The Hall–Kier alpha value is -3.01. The number of hydrogen-bond donors (Lipinski definition) is 2.